The summed E-state index contributed by atoms with van der Waals surface area (Å²) in [7, 11) is -0.997. The van der Waals surface area contributed by atoms with E-state index in [0.717, 1.165) is 4.31 Å². The first-order valence-corrected chi connectivity index (χ1v) is 9.74. The molecular weight excluding hydrogens is 379 g/mol. The van der Waals surface area contributed by atoms with E-state index in [2.05, 4.69) is 0 Å². The molecule has 0 saturated carbocycles. The molecule has 0 atom stereocenters. The lowest BCUT2D eigenvalue weighted by Gasteiger charge is -2.22. The number of sulfonamides is 1. The van der Waals surface area contributed by atoms with Gasteiger partial charge in [-0.25, -0.2) is 17.1 Å². The van der Waals surface area contributed by atoms with Gasteiger partial charge in [-0.15, -0.1) is 0 Å². The molecule has 8 heteroatoms. The lowest BCUT2D eigenvalue weighted by atomic mass is 10.1. The summed E-state index contributed by atoms with van der Waals surface area (Å²) in [5, 5.41) is 0.0448. The number of amides is 1. The Balaban J connectivity index is 2.36. The van der Waals surface area contributed by atoms with Gasteiger partial charge in [0.2, 0.25) is 10.0 Å². The fourth-order valence-corrected chi connectivity index (χ4v) is 3.79. The van der Waals surface area contributed by atoms with E-state index in [9.17, 15) is 17.6 Å². The van der Waals surface area contributed by atoms with Crippen LogP contribution in [0.3, 0.4) is 0 Å². The van der Waals surface area contributed by atoms with E-state index in [0.29, 0.717) is 12.1 Å². The van der Waals surface area contributed by atoms with Crippen molar-refractivity contribution in [2.24, 2.45) is 0 Å². The van der Waals surface area contributed by atoms with Gasteiger partial charge in [0, 0.05) is 32.7 Å². The van der Waals surface area contributed by atoms with Crippen LogP contribution in [0.1, 0.15) is 22.8 Å². The van der Waals surface area contributed by atoms with Gasteiger partial charge >= 0.3 is 0 Å². The van der Waals surface area contributed by atoms with Crippen molar-refractivity contribution in [3.05, 3.63) is 64.4 Å². The summed E-state index contributed by atoms with van der Waals surface area (Å²) in [6, 6.07) is 10.1. The second-order valence-corrected chi connectivity index (χ2v) is 8.41. The fourth-order valence-electron chi connectivity index (χ4n) is 2.40. The third kappa shape index (κ3) is 4.41. The molecule has 1 amide bonds. The van der Waals surface area contributed by atoms with Crippen LogP contribution in [-0.4, -0.2) is 44.2 Å². The van der Waals surface area contributed by atoms with Gasteiger partial charge in [0.15, 0.2) is 0 Å². The van der Waals surface area contributed by atoms with Crippen molar-refractivity contribution in [1.29, 1.82) is 0 Å². The molecule has 2 aromatic rings. The van der Waals surface area contributed by atoms with Gasteiger partial charge in [-0.2, -0.15) is 0 Å². The molecule has 0 unspecified atom stereocenters. The molecule has 0 N–H and O–H groups in total. The lowest BCUT2D eigenvalue weighted by molar-refractivity contribution is 0.0752. The van der Waals surface area contributed by atoms with Crippen LogP contribution in [0, 0.1) is 5.82 Å². The highest BCUT2D eigenvalue weighted by molar-refractivity contribution is 7.89. The number of rotatable bonds is 6. The van der Waals surface area contributed by atoms with E-state index >= 15 is 0 Å². The molecule has 0 aliphatic rings. The maximum atomic E-state index is 13.4. The highest BCUT2D eigenvalue weighted by atomic mass is 35.5. The van der Waals surface area contributed by atoms with E-state index in [1.165, 1.54) is 49.3 Å². The first kappa shape index (κ1) is 20.4. The molecule has 0 aliphatic carbocycles. The van der Waals surface area contributed by atoms with Gasteiger partial charge in [-0.3, -0.25) is 4.79 Å². The Labute approximate surface area is 158 Å². The minimum atomic E-state index is -3.78. The Hall–Kier alpha value is -1.96. The summed E-state index contributed by atoms with van der Waals surface area (Å²) in [4.78, 5) is 14.2. The molecule has 26 heavy (non-hydrogen) atoms. The van der Waals surface area contributed by atoms with E-state index < -0.39 is 10.0 Å². The molecule has 0 aromatic heterocycles. The molecule has 0 heterocycles. The predicted molar refractivity (Wildman–Crippen MR) is 99.1 cm³/mol. The Morgan fingerprint density at radius 3 is 2.42 bits per heavy atom. The first-order valence-electron chi connectivity index (χ1n) is 7.92. The fraction of sp³-hybridized carbons (Fsp3) is 0.278. The van der Waals surface area contributed by atoms with Crippen molar-refractivity contribution in [3.8, 4) is 0 Å². The molecule has 0 radical (unpaired) electrons. The van der Waals surface area contributed by atoms with E-state index in [4.69, 9.17) is 11.6 Å². The van der Waals surface area contributed by atoms with Crippen LogP contribution >= 0.6 is 11.6 Å². The molecule has 2 aromatic carbocycles. The maximum absolute atomic E-state index is 13.4. The Morgan fingerprint density at radius 2 is 1.85 bits per heavy atom. The zero-order valence-corrected chi connectivity index (χ0v) is 16.3. The minimum Gasteiger partial charge on any atom is -0.335 e. The quantitative estimate of drug-likeness (QED) is 0.749. The number of halogens is 2. The Bertz CT molecular complexity index is 916. The van der Waals surface area contributed by atoms with Gasteiger partial charge in [0.05, 0.1) is 5.02 Å². The van der Waals surface area contributed by atoms with Crippen LogP contribution in [0.15, 0.2) is 47.4 Å². The minimum absolute atomic E-state index is 0.0448. The highest BCUT2D eigenvalue weighted by Gasteiger charge is 2.24. The smallest absolute Gasteiger partial charge is 0.254 e. The van der Waals surface area contributed by atoms with E-state index in [-0.39, 0.29) is 33.8 Å². The molecule has 0 aliphatic heterocycles. The zero-order valence-electron chi connectivity index (χ0n) is 14.7. The van der Waals surface area contributed by atoms with Gasteiger partial charge < -0.3 is 4.90 Å². The molecule has 0 fully saturated rings. The number of hydrogen-bond acceptors (Lipinski definition) is 3. The average molecular weight is 399 g/mol. The van der Waals surface area contributed by atoms with Crippen LogP contribution in [0.4, 0.5) is 4.39 Å². The van der Waals surface area contributed by atoms with Crippen molar-refractivity contribution in [2.75, 3.05) is 20.6 Å². The normalized spacial score (nSPS) is 11.6. The third-order valence-corrected chi connectivity index (χ3v) is 6.16. The number of hydrogen-bond donors (Lipinski definition) is 0. The molecule has 140 valence electrons. The van der Waals surface area contributed by atoms with Crippen molar-refractivity contribution in [3.63, 3.8) is 0 Å². The van der Waals surface area contributed by atoms with Crippen LogP contribution in [0.5, 0.6) is 0 Å². The molecule has 0 bridgehead atoms. The van der Waals surface area contributed by atoms with Gasteiger partial charge in [-0.1, -0.05) is 23.7 Å². The van der Waals surface area contributed by atoms with Crippen molar-refractivity contribution >= 4 is 27.5 Å². The Kier molecular flexibility index (Phi) is 6.39. The molecule has 0 saturated heterocycles. The number of nitrogens with zero attached hydrogens (tertiary/aromatic N) is 2. The first-order chi connectivity index (χ1) is 12.2. The molecular formula is C18H20ClFN2O3S. The lowest BCUT2D eigenvalue weighted by Crippen LogP contribution is -2.30. The largest absolute Gasteiger partial charge is 0.335 e. The second kappa shape index (κ2) is 8.16. The van der Waals surface area contributed by atoms with E-state index in [1.54, 1.807) is 19.1 Å². The second-order valence-electron chi connectivity index (χ2n) is 5.88. The number of carbonyl (C=O) groups is 1. The number of benzene rings is 2. The van der Waals surface area contributed by atoms with Gasteiger partial charge in [-0.05, 0) is 42.8 Å². The SMILES string of the molecule is CCN(Cc1cccc(F)c1)C(=O)c1ccc(Cl)c(S(=O)(=O)N(C)C)c1. The predicted octanol–water partition coefficient (Wildman–Crippen LogP) is 3.39. The summed E-state index contributed by atoms with van der Waals surface area (Å²) in [5.41, 5.74) is 0.850. The van der Waals surface area contributed by atoms with Crippen LogP contribution < -0.4 is 0 Å². The van der Waals surface area contributed by atoms with Crippen LogP contribution in [0.2, 0.25) is 5.02 Å². The molecule has 5 nitrogen and oxygen atoms in total. The average Bonchev–Trinajstić information content (AvgIpc) is 2.59. The van der Waals surface area contributed by atoms with Crippen LogP contribution in [-0.2, 0) is 16.6 Å². The third-order valence-electron chi connectivity index (χ3n) is 3.87. The highest BCUT2D eigenvalue weighted by Crippen LogP contribution is 2.25. The van der Waals surface area contributed by atoms with Crippen molar-refractivity contribution in [2.45, 2.75) is 18.4 Å². The van der Waals surface area contributed by atoms with Crippen LogP contribution in [0.25, 0.3) is 0 Å². The van der Waals surface area contributed by atoms with E-state index in [1.807, 2.05) is 0 Å². The maximum Gasteiger partial charge on any atom is 0.254 e. The standard InChI is InChI=1S/C18H20ClFN2O3S/c1-4-22(12-13-6-5-7-15(20)10-13)18(23)14-8-9-16(19)17(11-14)26(24,25)21(2)3/h5-11H,4,12H2,1-3H3. The summed E-state index contributed by atoms with van der Waals surface area (Å²) < 4.78 is 39.1. The summed E-state index contributed by atoms with van der Waals surface area (Å²) in [6.45, 7) is 2.39. The van der Waals surface area contributed by atoms with Crippen molar-refractivity contribution < 1.29 is 17.6 Å². The summed E-state index contributed by atoms with van der Waals surface area (Å²) in [6.07, 6.45) is 0. The molecule has 0 spiro atoms. The number of carbonyl (C=O) groups excluding carboxylic acids is 1. The topological polar surface area (TPSA) is 57.7 Å². The van der Waals surface area contributed by atoms with Gasteiger partial charge in [0.25, 0.3) is 5.91 Å². The Morgan fingerprint density at radius 1 is 1.15 bits per heavy atom. The van der Waals surface area contributed by atoms with Crippen molar-refractivity contribution in [1.82, 2.24) is 9.21 Å². The monoisotopic (exact) mass is 398 g/mol. The van der Waals surface area contributed by atoms with Gasteiger partial charge in [0.1, 0.15) is 10.7 Å². The summed E-state index contributed by atoms with van der Waals surface area (Å²) >= 11 is 6.02. The zero-order chi connectivity index (χ0) is 19.5. The summed E-state index contributed by atoms with van der Waals surface area (Å²) in [5.74, 6) is -0.736. The molecule has 2 rings (SSSR count).